The van der Waals surface area contributed by atoms with E-state index in [0.29, 0.717) is 12.8 Å². The van der Waals surface area contributed by atoms with Gasteiger partial charge in [-0.3, -0.25) is 14.4 Å². The zero-order chi connectivity index (χ0) is 19.1. The summed E-state index contributed by atoms with van der Waals surface area (Å²) in [5.74, 6) is -0.850. The number of unbranched alkanes of at least 4 members (excludes halogenated alkanes) is 7. The van der Waals surface area contributed by atoms with Crippen LogP contribution in [0.15, 0.2) is 0 Å². The third-order valence-corrected chi connectivity index (χ3v) is 3.76. The molecule has 6 heteroatoms. The van der Waals surface area contributed by atoms with Crippen molar-refractivity contribution in [2.45, 2.75) is 85.0 Å². The Balaban J connectivity index is 3.38. The lowest BCUT2D eigenvalue weighted by Gasteiger charge is -2.16. The van der Waals surface area contributed by atoms with Crippen molar-refractivity contribution in [3.63, 3.8) is 0 Å². The van der Waals surface area contributed by atoms with Crippen LogP contribution < -0.4 is 0 Å². The molecule has 0 aromatic heterocycles. The van der Waals surface area contributed by atoms with Gasteiger partial charge in [0.05, 0.1) is 12.5 Å². The molecule has 0 fully saturated rings. The average molecular weight is 358 g/mol. The highest BCUT2D eigenvalue weighted by Crippen LogP contribution is 2.15. The largest absolute Gasteiger partial charge is 0.469 e. The maximum atomic E-state index is 11.5. The van der Waals surface area contributed by atoms with Gasteiger partial charge < -0.3 is 14.2 Å². The number of carbonyl (C=O) groups excluding carboxylic acids is 3. The van der Waals surface area contributed by atoms with Gasteiger partial charge in [0.15, 0.2) is 0 Å². The molecular weight excluding hydrogens is 324 g/mol. The maximum absolute atomic E-state index is 11.5. The molecule has 0 rings (SSSR count). The molecule has 0 saturated heterocycles. The molecule has 146 valence electrons. The fraction of sp³-hybridized carbons (Fsp3) is 0.842. The molecule has 0 radical (unpaired) electrons. The van der Waals surface area contributed by atoms with Crippen LogP contribution in [0.1, 0.15) is 85.0 Å². The smallest absolute Gasteiger partial charge is 0.314 e. The Morgan fingerprint density at radius 1 is 0.680 bits per heavy atom. The van der Waals surface area contributed by atoms with Gasteiger partial charge >= 0.3 is 17.9 Å². The average Bonchev–Trinajstić information content (AvgIpc) is 2.55. The van der Waals surface area contributed by atoms with Gasteiger partial charge in [-0.15, -0.1) is 0 Å². The van der Waals surface area contributed by atoms with Crippen molar-refractivity contribution in [3.8, 4) is 0 Å². The molecule has 0 aliphatic carbocycles. The standard InChI is InChI=1S/C19H34O6/c1-19(2,3)18(22)25-15-24-17(21)14-12-10-8-6-5-7-9-11-13-16(20)23-4/h5-15H2,1-4H3. The number of hydrogen-bond donors (Lipinski definition) is 0. The number of hydrogen-bond acceptors (Lipinski definition) is 6. The van der Waals surface area contributed by atoms with Gasteiger partial charge in [0.25, 0.3) is 0 Å². The van der Waals surface area contributed by atoms with Crippen molar-refractivity contribution in [3.05, 3.63) is 0 Å². The highest BCUT2D eigenvalue weighted by molar-refractivity contribution is 5.75. The summed E-state index contributed by atoms with van der Waals surface area (Å²) >= 11 is 0. The second-order valence-electron chi connectivity index (χ2n) is 7.22. The lowest BCUT2D eigenvalue weighted by molar-refractivity contribution is -0.173. The SMILES string of the molecule is COC(=O)CCCCCCCCCCC(=O)OCOC(=O)C(C)(C)C. The first-order valence-corrected chi connectivity index (χ1v) is 9.17. The van der Waals surface area contributed by atoms with E-state index in [0.717, 1.165) is 51.4 Å². The Kier molecular flexibility index (Phi) is 12.8. The number of carbonyl (C=O) groups is 3. The Bertz CT molecular complexity index is 397. The van der Waals surface area contributed by atoms with Crippen molar-refractivity contribution in [2.75, 3.05) is 13.9 Å². The predicted molar refractivity (Wildman–Crippen MR) is 94.7 cm³/mol. The Hall–Kier alpha value is -1.59. The highest BCUT2D eigenvalue weighted by Gasteiger charge is 2.23. The normalized spacial score (nSPS) is 11.0. The number of methoxy groups -OCH3 is 1. The van der Waals surface area contributed by atoms with Crippen LogP contribution >= 0.6 is 0 Å². The monoisotopic (exact) mass is 358 g/mol. The summed E-state index contributed by atoms with van der Waals surface area (Å²) in [4.78, 5) is 33.9. The summed E-state index contributed by atoms with van der Waals surface area (Å²) < 4.78 is 14.4. The van der Waals surface area contributed by atoms with Gasteiger partial charge in [-0.25, -0.2) is 0 Å². The molecule has 0 bridgehead atoms. The van der Waals surface area contributed by atoms with E-state index in [9.17, 15) is 14.4 Å². The number of ether oxygens (including phenoxy) is 3. The Labute approximate surface area is 151 Å². The van der Waals surface area contributed by atoms with Crippen molar-refractivity contribution in [2.24, 2.45) is 5.41 Å². The lowest BCUT2D eigenvalue weighted by Crippen LogP contribution is -2.24. The quantitative estimate of drug-likeness (QED) is 0.279. The molecule has 0 aliphatic heterocycles. The molecular formula is C19H34O6. The highest BCUT2D eigenvalue weighted by atomic mass is 16.7. The molecule has 0 saturated carbocycles. The molecule has 0 N–H and O–H groups in total. The van der Waals surface area contributed by atoms with E-state index in [4.69, 9.17) is 9.47 Å². The van der Waals surface area contributed by atoms with Crippen LogP contribution in [0.25, 0.3) is 0 Å². The number of rotatable bonds is 13. The molecule has 0 aromatic carbocycles. The molecule has 0 heterocycles. The van der Waals surface area contributed by atoms with Crippen LogP contribution in [0, 0.1) is 5.41 Å². The third-order valence-electron chi connectivity index (χ3n) is 3.76. The summed E-state index contributed by atoms with van der Waals surface area (Å²) in [5, 5.41) is 0. The van der Waals surface area contributed by atoms with E-state index in [1.165, 1.54) is 7.11 Å². The van der Waals surface area contributed by atoms with Crippen LogP contribution in [-0.2, 0) is 28.6 Å². The summed E-state index contributed by atoms with van der Waals surface area (Å²) in [6, 6.07) is 0. The fourth-order valence-corrected chi connectivity index (χ4v) is 2.14. The predicted octanol–water partition coefficient (Wildman–Crippen LogP) is 4.15. The van der Waals surface area contributed by atoms with Crippen LogP contribution in [0.3, 0.4) is 0 Å². The molecule has 0 amide bonds. The van der Waals surface area contributed by atoms with Gasteiger partial charge in [-0.05, 0) is 33.6 Å². The topological polar surface area (TPSA) is 78.9 Å². The van der Waals surface area contributed by atoms with Gasteiger partial charge in [0.1, 0.15) is 0 Å². The van der Waals surface area contributed by atoms with Crippen molar-refractivity contribution in [1.29, 1.82) is 0 Å². The summed E-state index contributed by atoms with van der Waals surface area (Å²) in [7, 11) is 1.41. The minimum atomic E-state index is -0.592. The van der Waals surface area contributed by atoms with Gasteiger partial charge in [0, 0.05) is 12.8 Å². The maximum Gasteiger partial charge on any atom is 0.314 e. The van der Waals surface area contributed by atoms with Gasteiger partial charge in [-0.2, -0.15) is 0 Å². The first-order valence-electron chi connectivity index (χ1n) is 9.17. The lowest BCUT2D eigenvalue weighted by atomic mass is 9.98. The van der Waals surface area contributed by atoms with E-state index in [2.05, 4.69) is 4.74 Å². The molecule has 0 unspecified atom stereocenters. The fourth-order valence-electron chi connectivity index (χ4n) is 2.14. The van der Waals surface area contributed by atoms with E-state index in [-0.39, 0.29) is 24.7 Å². The first kappa shape index (κ1) is 23.4. The Morgan fingerprint density at radius 3 is 1.56 bits per heavy atom. The van der Waals surface area contributed by atoms with Gasteiger partial charge in [0.2, 0.25) is 6.79 Å². The zero-order valence-corrected chi connectivity index (χ0v) is 16.2. The summed E-state index contributed by atoms with van der Waals surface area (Å²) in [6.45, 7) is 4.93. The summed E-state index contributed by atoms with van der Waals surface area (Å²) in [5.41, 5.74) is -0.592. The van der Waals surface area contributed by atoms with Crippen molar-refractivity contribution >= 4 is 17.9 Å². The molecule has 25 heavy (non-hydrogen) atoms. The van der Waals surface area contributed by atoms with E-state index in [1.807, 2.05) is 0 Å². The van der Waals surface area contributed by atoms with Crippen molar-refractivity contribution in [1.82, 2.24) is 0 Å². The minimum absolute atomic E-state index is 0.139. The molecule has 6 nitrogen and oxygen atoms in total. The molecule has 0 aliphatic rings. The summed E-state index contributed by atoms with van der Waals surface area (Å²) in [6.07, 6.45) is 9.06. The third kappa shape index (κ3) is 14.5. The van der Waals surface area contributed by atoms with Crippen LogP contribution in [0.5, 0.6) is 0 Å². The van der Waals surface area contributed by atoms with Crippen LogP contribution in [-0.4, -0.2) is 31.8 Å². The molecule has 0 atom stereocenters. The van der Waals surface area contributed by atoms with E-state index in [1.54, 1.807) is 20.8 Å². The zero-order valence-electron chi connectivity index (χ0n) is 16.2. The van der Waals surface area contributed by atoms with Crippen LogP contribution in [0.4, 0.5) is 0 Å². The van der Waals surface area contributed by atoms with E-state index >= 15 is 0 Å². The van der Waals surface area contributed by atoms with Crippen LogP contribution in [0.2, 0.25) is 0 Å². The first-order chi connectivity index (χ1) is 11.8. The minimum Gasteiger partial charge on any atom is -0.469 e. The van der Waals surface area contributed by atoms with Gasteiger partial charge in [-0.1, -0.05) is 38.5 Å². The van der Waals surface area contributed by atoms with Crippen molar-refractivity contribution < 1.29 is 28.6 Å². The Morgan fingerprint density at radius 2 is 1.12 bits per heavy atom. The second kappa shape index (κ2) is 13.7. The second-order valence-corrected chi connectivity index (χ2v) is 7.22. The molecule has 0 spiro atoms. The number of esters is 3. The van der Waals surface area contributed by atoms with E-state index < -0.39 is 5.41 Å². The molecule has 0 aromatic rings.